The zero-order valence-corrected chi connectivity index (χ0v) is 15.7. The van der Waals surface area contributed by atoms with E-state index in [9.17, 15) is 18.0 Å². The second kappa shape index (κ2) is 8.00. The second-order valence-corrected chi connectivity index (χ2v) is 6.94. The highest BCUT2D eigenvalue weighted by Gasteiger charge is 2.46. The first-order valence-corrected chi connectivity index (χ1v) is 9.01. The van der Waals surface area contributed by atoms with Gasteiger partial charge in [-0.25, -0.2) is 4.68 Å². The molecule has 1 aromatic carbocycles. The van der Waals surface area contributed by atoms with Crippen LogP contribution >= 0.6 is 11.6 Å². The number of hydrogen-bond acceptors (Lipinski definition) is 4. The normalized spacial score (nSPS) is 16.9. The number of carbonyl (C=O) groups excluding carboxylic acids is 1. The zero-order valence-electron chi connectivity index (χ0n) is 15.0. The predicted octanol–water partition coefficient (Wildman–Crippen LogP) is 3.16. The van der Waals surface area contributed by atoms with Crippen molar-refractivity contribution in [3.8, 4) is 11.4 Å². The molecule has 152 valence electrons. The van der Waals surface area contributed by atoms with Crippen molar-refractivity contribution in [2.75, 3.05) is 20.2 Å². The zero-order chi connectivity index (χ0) is 20.5. The minimum absolute atomic E-state index is 0.00968. The van der Waals surface area contributed by atoms with Crippen LogP contribution in [0.4, 0.5) is 13.2 Å². The molecule has 28 heavy (non-hydrogen) atoms. The van der Waals surface area contributed by atoms with E-state index in [4.69, 9.17) is 21.4 Å². The van der Waals surface area contributed by atoms with E-state index in [1.54, 1.807) is 29.1 Å². The first-order chi connectivity index (χ1) is 13.2. The molecule has 1 unspecified atom stereocenters. The molecule has 0 saturated carbocycles. The van der Waals surface area contributed by atoms with Crippen molar-refractivity contribution in [2.45, 2.75) is 31.0 Å². The Morgan fingerprint density at radius 1 is 1.32 bits per heavy atom. The molecule has 1 aliphatic rings. The van der Waals surface area contributed by atoms with E-state index < -0.39 is 18.2 Å². The van der Waals surface area contributed by atoms with E-state index in [0.29, 0.717) is 23.6 Å². The van der Waals surface area contributed by atoms with Crippen LogP contribution in [-0.2, 0) is 4.79 Å². The SMILES string of the molecule is COc1ccc(-n2nccc2C2CCN(C(=O)C(O)C(F)(F)F)CC2)cc1Cl. The van der Waals surface area contributed by atoms with Crippen LogP contribution in [0.3, 0.4) is 0 Å². The molecule has 0 bridgehead atoms. The summed E-state index contributed by atoms with van der Waals surface area (Å²) in [6, 6.07) is 7.09. The van der Waals surface area contributed by atoms with Crippen LogP contribution in [0.1, 0.15) is 24.5 Å². The molecule has 1 saturated heterocycles. The van der Waals surface area contributed by atoms with Crippen molar-refractivity contribution in [3.05, 3.63) is 41.2 Å². The number of piperidine rings is 1. The van der Waals surface area contributed by atoms with Crippen LogP contribution in [0.25, 0.3) is 5.69 Å². The highest BCUT2D eigenvalue weighted by atomic mass is 35.5. The molecule has 10 heteroatoms. The smallest absolute Gasteiger partial charge is 0.423 e. The van der Waals surface area contributed by atoms with Gasteiger partial charge in [0.15, 0.2) is 0 Å². The van der Waals surface area contributed by atoms with Crippen molar-refractivity contribution >= 4 is 17.5 Å². The minimum atomic E-state index is -4.96. The van der Waals surface area contributed by atoms with Gasteiger partial charge in [0.1, 0.15) is 5.75 Å². The van der Waals surface area contributed by atoms with Crippen molar-refractivity contribution < 1.29 is 27.8 Å². The highest BCUT2D eigenvalue weighted by molar-refractivity contribution is 6.32. The Hall–Kier alpha value is -2.26. The third-order valence-electron chi connectivity index (χ3n) is 4.82. The number of rotatable bonds is 4. The molecule has 1 amide bonds. The molecule has 0 spiro atoms. The van der Waals surface area contributed by atoms with Crippen molar-refractivity contribution in [1.29, 1.82) is 0 Å². The van der Waals surface area contributed by atoms with Gasteiger partial charge >= 0.3 is 6.18 Å². The molecular formula is C18H19ClF3N3O3. The number of methoxy groups -OCH3 is 1. The van der Waals surface area contributed by atoms with Gasteiger partial charge in [-0.15, -0.1) is 0 Å². The molecule has 6 nitrogen and oxygen atoms in total. The Kier molecular flexibility index (Phi) is 5.85. The Labute approximate surface area is 164 Å². The third-order valence-corrected chi connectivity index (χ3v) is 5.12. The van der Waals surface area contributed by atoms with E-state index in [2.05, 4.69) is 5.10 Å². The summed E-state index contributed by atoms with van der Waals surface area (Å²) in [5, 5.41) is 13.9. The van der Waals surface area contributed by atoms with Gasteiger partial charge in [0.05, 0.1) is 17.8 Å². The van der Waals surface area contributed by atoms with Gasteiger partial charge in [-0.2, -0.15) is 18.3 Å². The van der Waals surface area contributed by atoms with Crippen LogP contribution in [0, 0.1) is 0 Å². The van der Waals surface area contributed by atoms with E-state index in [1.165, 1.54) is 7.11 Å². The van der Waals surface area contributed by atoms with Crippen molar-refractivity contribution in [3.63, 3.8) is 0 Å². The van der Waals surface area contributed by atoms with Crippen LogP contribution in [-0.4, -0.2) is 58.2 Å². The number of amides is 1. The third kappa shape index (κ3) is 4.10. The summed E-state index contributed by atoms with van der Waals surface area (Å²) in [6.07, 6.45) is -5.37. The number of alkyl halides is 3. The Balaban J connectivity index is 1.72. The Morgan fingerprint density at radius 2 is 2.00 bits per heavy atom. The topological polar surface area (TPSA) is 67.6 Å². The fourth-order valence-electron chi connectivity index (χ4n) is 3.33. The lowest BCUT2D eigenvalue weighted by Crippen LogP contribution is -2.49. The summed E-state index contributed by atoms with van der Waals surface area (Å²) in [6.45, 7) is 0.260. The fraction of sp³-hybridized carbons (Fsp3) is 0.444. The number of halogens is 4. The fourth-order valence-corrected chi connectivity index (χ4v) is 3.59. The maximum atomic E-state index is 12.6. The molecule has 1 aromatic heterocycles. The Bertz CT molecular complexity index is 848. The van der Waals surface area contributed by atoms with E-state index in [0.717, 1.165) is 16.3 Å². The van der Waals surface area contributed by atoms with Gasteiger partial charge in [-0.3, -0.25) is 4.79 Å². The maximum absolute atomic E-state index is 12.6. The molecule has 2 heterocycles. The van der Waals surface area contributed by atoms with Gasteiger partial charge in [0, 0.05) is 30.9 Å². The van der Waals surface area contributed by atoms with E-state index in [1.807, 2.05) is 6.07 Å². The minimum Gasteiger partial charge on any atom is -0.495 e. The number of benzene rings is 1. The summed E-state index contributed by atoms with van der Waals surface area (Å²) in [5.74, 6) is -0.758. The highest BCUT2D eigenvalue weighted by Crippen LogP contribution is 2.32. The first kappa shape index (κ1) is 20.5. The van der Waals surface area contributed by atoms with Crippen LogP contribution in [0.15, 0.2) is 30.5 Å². The van der Waals surface area contributed by atoms with Crippen LogP contribution in [0.5, 0.6) is 5.75 Å². The molecule has 2 aromatic rings. The van der Waals surface area contributed by atoms with Gasteiger partial charge in [-0.1, -0.05) is 11.6 Å². The second-order valence-electron chi connectivity index (χ2n) is 6.53. The van der Waals surface area contributed by atoms with Crippen LogP contribution < -0.4 is 4.74 Å². The molecule has 1 atom stereocenters. The van der Waals surface area contributed by atoms with E-state index in [-0.39, 0.29) is 19.0 Å². The van der Waals surface area contributed by atoms with Gasteiger partial charge in [0.25, 0.3) is 5.91 Å². The summed E-state index contributed by atoms with van der Waals surface area (Å²) < 4.78 is 44.5. The lowest BCUT2D eigenvalue weighted by atomic mass is 9.93. The average molecular weight is 418 g/mol. The number of carbonyl (C=O) groups is 1. The monoisotopic (exact) mass is 417 g/mol. The average Bonchev–Trinajstić information content (AvgIpc) is 3.16. The molecule has 1 N–H and O–H groups in total. The predicted molar refractivity (Wildman–Crippen MR) is 95.7 cm³/mol. The lowest BCUT2D eigenvalue weighted by Gasteiger charge is -2.33. The molecule has 0 aliphatic carbocycles. The molecule has 0 radical (unpaired) electrons. The van der Waals surface area contributed by atoms with Gasteiger partial charge in [0.2, 0.25) is 6.10 Å². The van der Waals surface area contributed by atoms with Gasteiger partial charge < -0.3 is 14.7 Å². The molecule has 1 fully saturated rings. The van der Waals surface area contributed by atoms with Crippen LogP contribution in [0.2, 0.25) is 5.02 Å². The molecular weight excluding hydrogens is 399 g/mol. The number of nitrogens with zero attached hydrogens (tertiary/aromatic N) is 3. The van der Waals surface area contributed by atoms with Crippen molar-refractivity contribution in [2.24, 2.45) is 0 Å². The summed E-state index contributed by atoms with van der Waals surface area (Å²) >= 11 is 6.18. The quantitative estimate of drug-likeness (QED) is 0.829. The number of aromatic nitrogens is 2. The van der Waals surface area contributed by atoms with Gasteiger partial charge in [-0.05, 0) is 37.1 Å². The van der Waals surface area contributed by atoms with E-state index >= 15 is 0 Å². The standard InChI is InChI=1S/C18H19ClF3N3O3/c1-28-15-3-2-12(10-13(15)19)25-14(4-7-23-25)11-5-8-24(9-6-11)17(27)16(26)18(20,21)22/h2-4,7,10-11,16,26H,5-6,8-9H2,1H3. The number of aliphatic hydroxyl groups is 1. The number of aliphatic hydroxyl groups excluding tert-OH is 1. The maximum Gasteiger partial charge on any atom is 0.423 e. The number of likely N-dealkylation sites (tertiary alicyclic amines) is 1. The largest absolute Gasteiger partial charge is 0.495 e. The molecule has 3 rings (SSSR count). The first-order valence-electron chi connectivity index (χ1n) is 8.63. The summed E-state index contributed by atoms with van der Waals surface area (Å²) in [5.41, 5.74) is 1.61. The number of hydrogen-bond donors (Lipinski definition) is 1. The summed E-state index contributed by atoms with van der Waals surface area (Å²) in [7, 11) is 1.52. The number of ether oxygens (including phenoxy) is 1. The van der Waals surface area contributed by atoms with Crippen molar-refractivity contribution in [1.82, 2.24) is 14.7 Å². The Morgan fingerprint density at radius 3 is 2.57 bits per heavy atom. The lowest BCUT2D eigenvalue weighted by molar-refractivity contribution is -0.211. The summed E-state index contributed by atoms with van der Waals surface area (Å²) in [4.78, 5) is 12.9. The molecule has 1 aliphatic heterocycles.